The fraction of sp³-hybridized carbons (Fsp3) is 0.118. The van der Waals surface area contributed by atoms with Crippen molar-refractivity contribution in [1.29, 1.82) is 0 Å². The molecule has 0 radical (unpaired) electrons. The Labute approximate surface area is 134 Å². The van der Waals surface area contributed by atoms with Crippen LogP contribution < -0.4 is 5.32 Å². The third-order valence-electron chi connectivity index (χ3n) is 2.73. The van der Waals surface area contributed by atoms with Crippen LogP contribution in [-0.2, 0) is 11.2 Å². The average Bonchev–Trinajstić information content (AvgIpc) is 2.45. The van der Waals surface area contributed by atoms with Crippen LogP contribution in [0.2, 0.25) is 10.0 Å². The van der Waals surface area contributed by atoms with Crippen molar-refractivity contribution in [2.45, 2.75) is 6.42 Å². The number of carbonyl (C=O) groups is 1. The van der Waals surface area contributed by atoms with E-state index in [1.807, 2.05) is 24.3 Å². The van der Waals surface area contributed by atoms with E-state index in [1.54, 1.807) is 24.3 Å². The summed E-state index contributed by atoms with van der Waals surface area (Å²) >= 11 is 11.7. The number of amides is 1. The van der Waals surface area contributed by atoms with Gasteiger partial charge in [0.25, 0.3) is 5.91 Å². The topological polar surface area (TPSA) is 29.1 Å². The Morgan fingerprint density at radius 2 is 1.76 bits per heavy atom. The maximum Gasteiger partial charge on any atom is 0.296 e. The molecule has 0 atom stereocenters. The monoisotopic (exact) mass is 317 g/mol. The van der Waals surface area contributed by atoms with Crippen LogP contribution in [0.15, 0.2) is 48.5 Å². The Balaban J connectivity index is 1.83. The average molecular weight is 318 g/mol. The third kappa shape index (κ3) is 5.51. The first-order valence-electron chi connectivity index (χ1n) is 6.43. The first kappa shape index (κ1) is 15.4. The van der Waals surface area contributed by atoms with Gasteiger partial charge in [0.1, 0.15) is 0 Å². The highest BCUT2D eigenvalue weighted by Crippen LogP contribution is 2.11. The van der Waals surface area contributed by atoms with Crippen LogP contribution >= 0.6 is 23.2 Å². The van der Waals surface area contributed by atoms with Gasteiger partial charge in [-0.3, -0.25) is 4.79 Å². The summed E-state index contributed by atoms with van der Waals surface area (Å²) in [6.45, 7) is 0.517. The summed E-state index contributed by atoms with van der Waals surface area (Å²) in [6.07, 6.45) is 0.713. The van der Waals surface area contributed by atoms with Crippen LogP contribution in [0, 0.1) is 11.8 Å². The molecule has 1 N–H and O–H groups in total. The Morgan fingerprint density at radius 1 is 1.05 bits per heavy atom. The molecule has 0 aliphatic carbocycles. The van der Waals surface area contributed by atoms with Gasteiger partial charge in [-0.25, -0.2) is 0 Å². The lowest BCUT2D eigenvalue weighted by atomic mass is 10.1. The van der Waals surface area contributed by atoms with Crippen LogP contribution in [0.4, 0.5) is 0 Å². The minimum atomic E-state index is -0.308. The second kappa shape index (κ2) is 7.73. The summed E-state index contributed by atoms with van der Waals surface area (Å²) in [5.41, 5.74) is 1.79. The highest BCUT2D eigenvalue weighted by molar-refractivity contribution is 6.30. The standard InChI is InChI=1S/C17H13Cl2NO/c18-15-5-1-3-13(11-15)7-8-17(21)20-10-9-14-4-2-6-16(19)12-14/h1-6,11-12H,9-10H2,(H,20,21). The fourth-order valence-corrected chi connectivity index (χ4v) is 2.16. The van der Waals surface area contributed by atoms with Crippen molar-refractivity contribution in [1.82, 2.24) is 5.32 Å². The lowest BCUT2D eigenvalue weighted by Crippen LogP contribution is -2.23. The van der Waals surface area contributed by atoms with Gasteiger partial charge in [0, 0.05) is 28.1 Å². The third-order valence-corrected chi connectivity index (χ3v) is 3.20. The molecule has 21 heavy (non-hydrogen) atoms. The van der Waals surface area contributed by atoms with Crippen LogP contribution in [0.3, 0.4) is 0 Å². The van der Waals surface area contributed by atoms with Gasteiger partial charge in [-0.15, -0.1) is 0 Å². The minimum absolute atomic E-state index is 0.308. The number of rotatable bonds is 3. The molecule has 0 saturated heterocycles. The van der Waals surface area contributed by atoms with E-state index in [1.165, 1.54) is 0 Å². The molecule has 0 aliphatic heterocycles. The van der Waals surface area contributed by atoms with E-state index >= 15 is 0 Å². The van der Waals surface area contributed by atoms with Crippen molar-refractivity contribution in [3.8, 4) is 11.8 Å². The number of benzene rings is 2. The number of hydrogen-bond donors (Lipinski definition) is 1. The van der Waals surface area contributed by atoms with E-state index in [0.29, 0.717) is 28.6 Å². The molecular formula is C17H13Cl2NO. The molecule has 0 unspecified atom stereocenters. The predicted molar refractivity (Wildman–Crippen MR) is 86.5 cm³/mol. The summed E-state index contributed by atoms with van der Waals surface area (Å²) in [6, 6.07) is 14.6. The number of carbonyl (C=O) groups excluding carboxylic acids is 1. The van der Waals surface area contributed by atoms with E-state index in [2.05, 4.69) is 17.2 Å². The molecule has 106 valence electrons. The molecule has 0 heterocycles. The zero-order valence-electron chi connectivity index (χ0n) is 11.2. The molecule has 2 aromatic carbocycles. The molecule has 0 saturated carbocycles. The Bertz CT molecular complexity index is 701. The molecule has 2 nitrogen and oxygen atoms in total. The van der Waals surface area contributed by atoms with Crippen LogP contribution in [0.1, 0.15) is 11.1 Å². The molecular weight excluding hydrogens is 305 g/mol. The smallest absolute Gasteiger partial charge is 0.296 e. The number of halogens is 2. The van der Waals surface area contributed by atoms with Crippen molar-refractivity contribution in [2.75, 3.05) is 6.54 Å². The van der Waals surface area contributed by atoms with Gasteiger partial charge in [-0.05, 0) is 42.3 Å². The lowest BCUT2D eigenvalue weighted by Gasteiger charge is -2.02. The zero-order valence-corrected chi connectivity index (χ0v) is 12.7. The summed E-state index contributed by atoms with van der Waals surface area (Å²) in [4.78, 5) is 11.6. The summed E-state index contributed by atoms with van der Waals surface area (Å²) in [7, 11) is 0. The van der Waals surface area contributed by atoms with Crippen molar-refractivity contribution in [3.63, 3.8) is 0 Å². The van der Waals surface area contributed by atoms with Crippen molar-refractivity contribution in [2.24, 2.45) is 0 Å². The molecule has 0 aromatic heterocycles. The molecule has 2 aromatic rings. The quantitative estimate of drug-likeness (QED) is 0.859. The maximum absolute atomic E-state index is 11.6. The SMILES string of the molecule is O=C(C#Cc1cccc(Cl)c1)NCCc1cccc(Cl)c1. The van der Waals surface area contributed by atoms with Crippen LogP contribution in [0.5, 0.6) is 0 Å². The zero-order chi connectivity index (χ0) is 15.1. The maximum atomic E-state index is 11.6. The molecule has 2 rings (SSSR count). The summed E-state index contributed by atoms with van der Waals surface area (Å²) < 4.78 is 0. The van der Waals surface area contributed by atoms with Crippen LogP contribution in [0.25, 0.3) is 0 Å². The van der Waals surface area contributed by atoms with E-state index < -0.39 is 0 Å². The fourth-order valence-electron chi connectivity index (χ4n) is 1.75. The van der Waals surface area contributed by atoms with E-state index in [0.717, 1.165) is 5.56 Å². The van der Waals surface area contributed by atoms with Gasteiger partial charge >= 0.3 is 0 Å². The van der Waals surface area contributed by atoms with E-state index in [9.17, 15) is 4.79 Å². The largest absolute Gasteiger partial charge is 0.345 e. The first-order valence-corrected chi connectivity index (χ1v) is 7.19. The van der Waals surface area contributed by atoms with E-state index in [4.69, 9.17) is 23.2 Å². The Morgan fingerprint density at radius 3 is 2.48 bits per heavy atom. The molecule has 1 amide bonds. The summed E-state index contributed by atoms with van der Waals surface area (Å²) in [5.74, 6) is 5.01. The van der Waals surface area contributed by atoms with Gasteiger partial charge in [-0.2, -0.15) is 0 Å². The molecule has 0 aliphatic rings. The van der Waals surface area contributed by atoms with Gasteiger partial charge in [0.05, 0.1) is 0 Å². The second-order valence-electron chi connectivity index (χ2n) is 4.40. The molecule has 0 fully saturated rings. The Kier molecular flexibility index (Phi) is 5.68. The predicted octanol–water partition coefficient (Wildman–Crippen LogP) is 3.70. The minimum Gasteiger partial charge on any atom is -0.345 e. The molecule has 4 heteroatoms. The number of nitrogens with one attached hydrogen (secondary N) is 1. The lowest BCUT2D eigenvalue weighted by molar-refractivity contribution is -0.115. The van der Waals surface area contributed by atoms with E-state index in [-0.39, 0.29) is 5.91 Å². The highest BCUT2D eigenvalue weighted by Gasteiger charge is 1.97. The first-order chi connectivity index (χ1) is 10.1. The number of hydrogen-bond acceptors (Lipinski definition) is 1. The van der Waals surface area contributed by atoms with Gasteiger partial charge in [-0.1, -0.05) is 47.3 Å². The second-order valence-corrected chi connectivity index (χ2v) is 5.27. The van der Waals surface area contributed by atoms with Crippen molar-refractivity contribution in [3.05, 3.63) is 69.7 Å². The van der Waals surface area contributed by atoms with Crippen LogP contribution in [-0.4, -0.2) is 12.5 Å². The Hall–Kier alpha value is -1.95. The van der Waals surface area contributed by atoms with Gasteiger partial charge in [0.15, 0.2) is 0 Å². The van der Waals surface area contributed by atoms with Gasteiger partial charge in [0.2, 0.25) is 0 Å². The van der Waals surface area contributed by atoms with Crippen molar-refractivity contribution >= 4 is 29.1 Å². The molecule has 0 spiro atoms. The van der Waals surface area contributed by atoms with Crippen molar-refractivity contribution < 1.29 is 4.79 Å². The normalized spacial score (nSPS) is 9.62. The van der Waals surface area contributed by atoms with Gasteiger partial charge < -0.3 is 5.32 Å². The highest BCUT2D eigenvalue weighted by atomic mass is 35.5. The molecule has 0 bridgehead atoms. The summed E-state index contributed by atoms with van der Waals surface area (Å²) in [5, 5.41) is 4.04.